The van der Waals surface area contributed by atoms with Crippen LogP contribution in [0.15, 0.2) is 36.4 Å². The summed E-state index contributed by atoms with van der Waals surface area (Å²) in [5, 5.41) is 13.0. The SMILES string of the molecule is CC(C)(C)OC(=O)N1CCc2[nH]c3ccc(N)cc3c2CC1.CC(C)(C)OC(=O)N1CCc2[nH]c3ccc([N+](=O)[O-])cc3c2CC1. The highest BCUT2D eigenvalue weighted by Gasteiger charge is 2.27. The molecular formula is C34H44N6O6. The summed E-state index contributed by atoms with van der Waals surface area (Å²) >= 11 is 0. The molecule has 0 fully saturated rings. The van der Waals surface area contributed by atoms with Gasteiger partial charge in [-0.05, 0) is 89.8 Å². The zero-order valence-corrected chi connectivity index (χ0v) is 27.5. The van der Waals surface area contributed by atoms with Gasteiger partial charge in [0.25, 0.3) is 5.69 Å². The maximum atomic E-state index is 12.3. The second kappa shape index (κ2) is 12.6. The van der Waals surface area contributed by atoms with Crippen LogP contribution in [-0.2, 0) is 35.2 Å². The molecular weight excluding hydrogens is 588 g/mol. The number of anilines is 1. The van der Waals surface area contributed by atoms with Crippen LogP contribution in [0.25, 0.3) is 21.8 Å². The summed E-state index contributed by atoms with van der Waals surface area (Å²) in [6.45, 7) is 13.7. The van der Waals surface area contributed by atoms with Crippen molar-refractivity contribution in [2.45, 2.75) is 78.4 Å². The first-order valence-electron chi connectivity index (χ1n) is 15.7. The maximum Gasteiger partial charge on any atom is 0.410 e. The Morgan fingerprint density at radius 1 is 0.739 bits per heavy atom. The van der Waals surface area contributed by atoms with Gasteiger partial charge in [0, 0.05) is 90.0 Å². The number of hydrogen-bond donors (Lipinski definition) is 3. The Bertz CT molecular complexity index is 1780. The second-order valence-corrected chi connectivity index (χ2v) is 13.9. The number of nitrogens with one attached hydrogen (secondary N) is 2. The Balaban J connectivity index is 0.000000182. The minimum atomic E-state index is -0.523. The average molecular weight is 633 g/mol. The van der Waals surface area contributed by atoms with E-state index in [9.17, 15) is 19.7 Å². The third-order valence-corrected chi connectivity index (χ3v) is 8.04. The number of nitrogen functional groups attached to an aromatic ring is 1. The molecule has 46 heavy (non-hydrogen) atoms. The minimum Gasteiger partial charge on any atom is -0.444 e. The molecule has 246 valence electrons. The smallest absolute Gasteiger partial charge is 0.410 e. The van der Waals surface area contributed by atoms with Crippen molar-refractivity contribution in [1.82, 2.24) is 19.8 Å². The molecule has 6 rings (SSSR count). The molecule has 0 bridgehead atoms. The van der Waals surface area contributed by atoms with Crippen molar-refractivity contribution in [3.63, 3.8) is 0 Å². The molecule has 0 spiro atoms. The van der Waals surface area contributed by atoms with E-state index in [0.29, 0.717) is 39.0 Å². The number of benzene rings is 2. The van der Waals surface area contributed by atoms with E-state index in [0.717, 1.165) is 46.2 Å². The maximum absolute atomic E-state index is 12.3. The number of carbonyl (C=O) groups excluding carboxylic acids is 2. The number of rotatable bonds is 1. The van der Waals surface area contributed by atoms with E-state index in [1.807, 2.05) is 59.7 Å². The lowest BCUT2D eigenvalue weighted by Crippen LogP contribution is -2.38. The molecule has 4 aromatic rings. The van der Waals surface area contributed by atoms with Crippen molar-refractivity contribution in [1.29, 1.82) is 0 Å². The number of H-pyrrole nitrogens is 2. The van der Waals surface area contributed by atoms with E-state index in [1.165, 1.54) is 22.7 Å². The van der Waals surface area contributed by atoms with Gasteiger partial charge in [0.2, 0.25) is 0 Å². The van der Waals surface area contributed by atoms with E-state index in [1.54, 1.807) is 21.9 Å². The molecule has 4 N–H and O–H groups in total. The molecule has 0 saturated carbocycles. The number of nitro groups is 1. The summed E-state index contributed by atoms with van der Waals surface area (Å²) in [4.78, 5) is 45.4. The Labute approximate surface area is 268 Å². The summed E-state index contributed by atoms with van der Waals surface area (Å²) in [5.41, 5.74) is 12.3. The van der Waals surface area contributed by atoms with Gasteiger partial charge in [0.15, 0.2) is 0 Å². The van der Waals surface area contributed by atoms with Crippen LogP contribution in [-0.4, -0.2) is 74.3 Å². The van der Waals surface area contributed by atoms with Crippen molar-refractivity contribution < 1.29 is 24.0 Å². The number of amides is 2. The quantitative estimate of drug-likeness (QED) is 0.123. The number of aromatic nitrogens is 2. The van der Waals surface area contributed by atoms with Crippen LogP contribution >= 0.6 is 0 Å². The first-order chi connectivity index (χ1) is 21.6. The molecule has 2 aliphatic heterocycles. The lowest BCUT2D eigenvalue weighted by molar-refractivity contribution is -0.384. The standard InChI is InChI=1S/C17H21N3O4.C17H23N3O2/c1-17(2,3)24-16(21)19-8-6-12-13-10-11(20(22)23)4-5-14(13)18-15(12)7-9-19;1-17(2,3)22-16(21)20-8-6-12-13-10-11(18)4-5-14(13)19-15(12)7-9-20/h4-5,10,18H,6-9H2,1-3H3;4-5,10,19H,6-9,18H2,1-3H3. The lowest BCUT2D eigenvalue weighted by Gasteiger charge is -2.26. The number of aromatic amines is 2. The van der Waals surface area contributed by atoms with Crippen LogP contribution in [0.5, 0.6) is 0 Å². The van der Waals surface area contributed by atoms with Crippen molar-refractivity contribution >= 4 is 45.4 Å². The fourth-order valence-corrected chi connectivity index (χ4v) is 5.95. The summed E-state index contributed by atoms with van der Waals surface area (Å²) in [7, 11) is 0. The summed E-state index contributed by atoms with van der Waals surface area (Å²) in [5.74, 6) is 0. The topological polar surface area (TPSA) is 160 Å². The van der Waals surface area contributed by atoms with Crippen molar-refractivity contribution in [2.75, 3.05) is 31.9 Å². The molecule has 12 heteroatoms. The number of hydrogen-bond acceptors (Lipinski definition) is 7. The van der Waals surface area contributed by atoms with E-state index in [4.69, 9.17) is 15.2 Å². The van der Waals surface area contributed by atoms with E-state index >= 15 is 0 Å². The number of ether oxygens (including phenoxy) is 2. The zero-order chi connectivity index (χ0) is 33.4. The van der Waals surface area contributed by atoms with Crippen LogP contribution in [0, 0.1) is 10.1 Å². The summed E-state index contributed by atoms with van der Waals surface area (Å²) < 4.78 is 10.9. The van der Waals surface area contributed by atoms with Gasteiger partial charge in [-0.2, -0.15) is 0 Å². The highest BCUT2D eigenvalue weighted by Crippen LogP contribution is 2.30. The van der Waals surface area contributed by atoms with Gasteiger partial charge in [0.05, 0.1) is 4.92 Å². The van der Waals surface area contributed by atoms with Crippen molar-refractivity contribution in [2.24, 2.45) is 0 Å². The number of nitrogens with two attached hydrogens (primary N) is 1. The molecule has 12 nitrogen and oxygen atoms in total. The fourth-order valence-electron chi connectivity index (χ4n) is 5.95. The van der Waals surface area contributed by atoms with Gasteiger partial charge in [0.1, 0.15) is 11.2 Å². The van der Waals surface area contributed by atoms with Crippen molar-refractivity contribution in [3.8, 4) is 0 Å². The molecule has 0 saturated heterocycles. The predicted octanol–water partition coefficient (Wildman–Crippen LogP) is 6.50. The van der Waals surface area contributed by atoms with Crippen LogP contribution in [0.4, 0.5) is 21.0 Å². The van der Waals surface area contributed by atoms with E-state index in [-0.39, 0.29) is 22.8 Å². The predicted molar refractivity (Wildman–Crippen MR) is 178 cm³/mol. The summed E-state index contributed by atoms with van der Waals surface area (Å²) in [6.07, 6.45) is 2.40. The number of non-ortho nitro benzene ring substituents is 1. The minimum absolute atomic E-state index is 0.0811. The van der Waals surface area contributed by atoms with Gasteiger partial charge in [-0.15, -0.1) is 0 Å². The number of carbonyl (C=O) groups is 2. The van der Waals surface area contributed by atoms with Gasteiger partial charge < -0.3 is 35.0 Å². The lowest BCUT2D eigenvalue weighted by atomic mass is 10.1. The number of nitrogens with zero attached hydrogens (tertiary/aromatic N) is 3. The number of nitro benzene ring substituents is 1. The Morgan fingerprint density at radius 3 is 1.63 bits per heavy atom. The Hall–Kier alpha value is -4.74. The first kappa shape index (κ1) is 32.6. The van der Waals surface area contributed by atoms with Crippen LogP contribution in [0.3, 0.4) is 0 Å². The van der Waals surface area contributed by atoms with Crippen LogP contribution in [0.2, 0.25) is 0 Å². The highest BCUT2D eigenvalue weighted by atomic mass is 16.6. The van der Waals surface area contributed by atoms with E-state index in [2.05, 4.69) is 9.97 Å². The summed E-state index contributed by atoms with van der Waals surface area (Å²) in [6, 6.07) is 10.8. The highest BCUT2D eigenvalue weighted by molar-refractivity contribution is 5.88. The van der Waals surface area contributed by atoms with Crippen molar-refractivity contribution in [3.05, 3.63) is 69.0 Å². The fraction of sp³-hybridized carbons (Fsp3) is 0.471. The average Bonchev–Trinajstić information content (AvgIpc) is 3.27. The zero-order valence-electron chi connectivity index (χ0n) is 27.5. The molecule has 2 amide bonds. The molecule has 0 unspecified atom stereocenters. The Kier molecular flexibility index (Phi) is 8.92. The van der Waals surface area contributed by atoms with Crippen LogP contribution in [0.1, 0.15) is 64.1 Å². The Morgan fingerprint density at radius 2 is 1.17 bits per heavy atom. The van der Waals surface area contributed by atoms with E-state index < -0.39 is 11.2 Å². The third-order valence-electron chi connectivity index (χ3n) is 8.04. The van der Waals surface area contributed by atoms with Gasteiger partial charge >= 0.3 is 12.2 Å². The molecule has 0 aliphatic carbocycles. The molecule has 2 aromatic carbocycles. The van der Waals surface area contributed by atoms with Gasteiger partial charge in [-0.1, -0.05) is 0 Å². The number of fused-ring (bicyclic) bond motifs is 6. The molecule has 0 atom stereocenters. The first-order valence-corrected chi connectivity index (χ1v) is 15.7. The van der Waals surface area contributed by atoms with Gasteiger partial charge in [-0.3, -0.25) is 10.1 Å². The monoisotopic (exact) mass is 632 g/mol. The third kappa shape index (κ3) is 7.55. The van der Waals surface area contributed by atoms with Crippen LogP contribution < -0.4 is 5.73 Å². The molecule has 2 aliphatic rings. The normalized spacial score (nSPS) is 15.3. The molecule has 4 heterocycles. The largest absolute Gasteiger partial charge is 0.444 e. The molecule has 2 aromatic heterocycles. The van der Waals surface area contributed by atoms with Gasteiger partial charge in [-0.25, -0.2) is 9.59 Å². The molecule has 0 radical (unpaired) electrons. The second-order valence-electron chi connectivity index (χ2n) is 13.9.